The minimum atomic E-state index is 0.661. The van der Waals surface area contributed by atoms with Gasteiger partial charge in [-0.05, 0) is 43.8 Å². The Hall–Kier alpha value is -0.510. The van der Waals surface area contributed by atoms with Crippen LogP contribution < -0.4 is 0 Å². The van der Waals surface area contributed by atoms with Gasteiger partial charge >= 0.3 is 0 Å². The zero-order valence-electron chi connectivity index (χ0n) is 13.1. The Morgan fingerprint density at radius 3 is 2.70 bits per heavy atom. The smallest absolute Gasteiger partial charge is 0.0367 e. The predicted octanol–water partition coefficient (Wildman–Crippen LogP) is 3.89. The number of fused-ring (bicyclic) bond motifs is 1. The highest BCUT2D eigenvalue weighted by atomic mass is 32.2. The third-order valence-corrected chi connectivity index (χ3v) is 5.24. The summed E-state index contributed by atoms with van der Waals surface area (Å²) in [5.41, 5.74) is 1.57. The van der Waals surface area contributed by atoms with Crippen LogP contribution in [0.5, 0.6) is 0 Å². The second-order valence-corrected chi connectivity index (χ2v) is 6.52. The Bertz CT molecular complexity index is 408. The van der Waals surface area contributed by atoms with Gasteiger partial charge in [0.1, 0.15) is 0 Å². The zero-order valence-corrected chi connectivity index (χ0v) is 14.0. The molecule has 3 rings (SSSR count). The lowest BCUT2D eigenvalue weighted by Gasteiger charge is -2.34. The molecule has 1 aromatic carbocycles. The van der Waals surface area contributed by atoms with E-state index in [1.165, 1.54) is 49.7 Å². The number of rotatable bonds is 1. The molecule has 2 heterocycles. The van der Waals surface area contributed by atoms with Gasteiger partial charge in [0, 0.05) is 30.6 Å². The van der Waals surface area contributed by atoms with E-state index in [1.807, 2.05) is 25.6 Å². The number of benzene rings is 1. The van der Waals surface area contributed by atoms with E-state index >= 15 is 0 Å². The van der Waals surface area contributed by atoms with Gasteiger partial charge in [-0.3, -0.25) is 4.90 Å². The molecule has 1 fully saturated rings. The maximum Gasteiger partial charge on any atom is 0.0367 e. The van der Waals surface area contributed by atoms with Crippen LogP contribution >= 0.6 is 11.8 Å². The van der Waals surface area contributed by atoms with E-state index in [9.17, 15) is 0 Å². The Balaban J connectivity index is 0.000000704. The van der Waals surface area contributed by atoms with Crippen LogP contribution in [-0.2, 0) is 0 Å². The van der Waals surface area contributed by atoms with E-state index in [2.05, 4.69) is 41.1 Å². The van der Waals surface area contributed by atoms with Crippen LogP contribution in [0.4, 0.5) is 0 Å². The molecule has 0 amide bonds. The molecule has 2 aliphatic rings. The van der Waals surface area contributed by atoms with Gasteiger partial charge in [-0.2, -0.15) is 0 Å². The monoisotopic (exact) mass is 292 g/mol. The van der Waals surface area contributed by atoms with Crippen molar-refractivity contribution in [2.24, 2.45) is 0 Å². The van der Waals surface area contributed by atoms with E-state index in [1.54, 1.807) is 5.56 Å². The lowest BCUT2D eigenvalue weighted by molar-refractivity contribution is 0.195. The molecule has 3 heteroatoms. The summed E-state index contributed by atoms with van der Waals surface area (Å²) in [7, 11) is 2.24. The van der Waals surface area contributed by atoms with Crippen molar-refractivity contribution in [1.82, 2.24) is 9.80 Å². The SMILES string of the molecule is CC.CN1CCCN(C2CCSc3ccccc32)CC1. The van der Waals surface area contributed by atoms with Crippen molar-refractivity contribution in [3.05, 3.63) is 29.8 Å². The van der Waals surface area contributed by atoms with E-state index < -0.39 is 0 Å². The minimum Gasteiger partial charge on any atom is -0.305 e. The van der Waals surface area contributed by atoms with Crippen LogP contribution in [0.15, 0.2) is 29.2 Å². The molecule has 0 saturated carbocycles. The lowest BCUT2D eigenvalue weighted by atomic mass is 10.0. The fourth-order valence-electron chi connectivity index (χ4n) is 3.08. The zero-order chi connectivity index (χ0) is 14.4. The summed E-state index contributed by atoms with van der Waals surface area (Å²) in [6, 6.07) is 9.65. The topological polar surface area (TPSA) is 6.48 Å². The average Bonchev–Trinajstić information content (AvgIpc) is 2.73. The first kappa shape index (κ1) is 15.9. The van der Waals surface area contributed by atoms with E-state index in [0.717, 1.165) is 0 Å². The molecular weight excluding hydrogens is 264 g/mol. The highest BCUT2D eigenvalue weighted by Gasteiger charge is 2.26. The van der Waals surface area contributed by atoms with Gasteiger partial charge in [-0.25, -0.2) is 0 Å². The number of likely N-dealkylation sites (N-methyl/N-ethyl adjacent to an activating group) is 1. The van der Waals surface area contributed by atoms with Crippen LogP contribution in [0.1, 0.15) is 38.3 Å². The first-order valence-corrected chi connectivity index (χ1v) is 8.97. The summed E-state index contributed by atoms with van der Waals surface area (Å²) in [6.45, 7) is 8.94. The normalized spacial score (nSPS) is 24.2. The number of hydrogen-bond donors (Lipinski definition) is 0. The van der Waals surface area contributed by atoms with Crippen molar-refractivity contribution < 1.29 is 0 Å². The Morgan fingerprint density at radius 2 is 1.85 bits per heavy atom. The summed E-state index contributed by atoms with van der Waals surface area (Å²) < 4.78 is 0. The van der Waals surface area contributed by atoms with Crippen molar-refractivity contribution in [3.8, 4) is 0 Å². The van der Waals surface area contributed by atoms with Gasteiger partial charge in [-0.15, -0.1) is 11.8 Å². The van der Waals surface area contributed by atoms with Gasteiger partial charge in [0.15, 0.2) is 0 Å². The van der Waals surface area contributed by atoms with Gasteiger partial charge in [0.05, 0.1) is 0 Å². The number of thioether (sulfide) groups is 1. The lowest BCUT2D eigenvalue weighted by Crippen LogP contribution is -2.34. The molecule has 2 nitrogen and oxygen atoms in total. The number of nitrogens with zero attached hydrogens (tertiary/aromatic N) is 2. The van der Waals surface area contributed by atoms with Gasteiger partial charge in [0.2, 0.25) is 0 Å². The highest BCUT2D eigenvalue weighted by molar-refractivity contribution is 7.99. The summed E-state index contributed by atoms with van der Waals surface area (Å²) in [5.74, 6) is 1.27. The third-order valence-electron chi connectivity index (χ3n) is 4.12. The molecule has 112 valence electrons. The molecule has 0 spiro atoms. The van der Waals surface area contributed by atoms with Crippen molar-refractivity contribution in [1.29, 1.82) is 0 Å². The van der Waals surface area contributed by atoms with Crippen molar-refractivity contribution in [2.75, 3.05) is 39.0 Å². The fraction of sp³-hybridized carbons (Fsp3) is 0.647. The van der Waals surface area contributed by atoms with Crippen molar-refractivity contribution in [2.45, 2.75) is 37.6 Å². The van der Waals surface area contributed by atoms with Crippen LogP contribution in [0.3, 0.4) is 0 Å². The predicted molar refractivity (Wildman–Crippen MR) is 89.6 cm³/mol. The summed E-state index contributed by atoms with van der Waals surface area (Å²) in [5, 5.41) is 0. The molecule has 0 radical (unpaired) electrons. The Morgan fingerprint density at radius 1 is 1.05 bits per heavy atom. The molecular formula is C17H28N2S. The van der Waals surface area contributed by atoms with Gasteiger partial charge in [-0.1, -0.05) is 32.0 Å². The van der Waals surface area contributed by atoms with Crippen LogP contribution in [0, 0.1) is 0 Å². The fourth-order valence-corrected chi connectivity index (χ4v) is 4.19. The van der Waals surface area contributed by atoms with Gasteiger partial charge < -0.3 is 4.90 Å². The quantitative estimate of drug-likeness (QED) is 0.775. The van der Waals surface area contributed by atoms with Crippen LogP contribution in [0.2, 0.25) is 0 Å². The molecule has 0 bridgehead atoms. The second-order valence-electron chi connectivity index (χ2n) is 5.38. The third kappa shape index (κ3) is 3.78. The maximum atomic E-state index is 2.71. The molecule has 0 aliphatic carbocycles. The molecule has 20 heavy (non-hydrogen) atoms. The number of hydrogen-bond acceptors (Lipinski definition) is 3. The highest BCUT2D eigenvalue weighted by Crippen LogP contribution is 2.39. The molecule has 0 aromatic heterocycles. The maximum absolute atomic E-state index is 2.71. The molecule has 1 unspecified atom stereocenters. The second kappa shape index (κ2) is 8.06. The van der Waals surface area contributed by atoms with E-state index in [-0.39, 0.29) is 0 Å². The molecule has 1 aromatic rings. The molecule has 0 N–H and O–H groups in total. The summed E-state index contributed by atoms with van der Waals surface area (Å²) in [6.07, 6.45) is 2.62. The first-order valence-electron chi connectivity index (χ1n) is 7.99. The largest absolute Gasteiger partial charge is 0.305 e. The first-order chi connectivity index (χ1) is 9.84. The molecule has 1 saturated heterocycles. The Kier molecular flexibility index (Phi) is 6.40. The average molecular weight is 292 g/mol. The summed E-state index contributed by atoms with van der Waals surface area (Å²) >= 11 is 2.03. The summed E-state index contributed by atoms with van der Waals surface area (Å²) in [4.78, 5) is 6.68. The molecule has 2 aliphatic heterocycles. The molecule has 1 atom stereocenters. The van der Waals surface area contributed by atoms with Crippen LogP contribution in [-0.4, -0.2) is 48.8 Å². The van der Waals surface area contributed by atoms with E-state index in [0.29, 0.717) is 6.04 Å². The minimum absolute atomic E-state index is 0.661. The van der Waals surface area contributed by atoms with Crippen molar-refractivity contribution >= 4 is 11.8 Å². The van der Waals surface area contributed by atoms with E-state index in [4.69, 9.17) is 0 Å². The van der Waals surface area contributed by atoms with Crippen LogP contribution in [0.25, 0.3) is 0 Å². The Labute approximate surface area is 128 Å². The van der Waals surface area contributed by atoms with Gasteiger partial charge in [0.25, 0.3) is 0 Å². The van der Waals surface area contributed by atoms with Crippen molar-refractivity contribution in [3.63, 3.8) is 0 Å². The standard InChI is InChI=1S/C15H22N2S.C2H6/c1-16-8-4-9-17(11-10-16)14-7-12-18-15-6-3-2-5-13(14)15;1-2/h2-3,5-6,14H,4,7-12H2,1H3;1-2H3.